The van der Waals surface area contributed by atoms with Crippen LogP contribution >= 0.6 is 24.8 Å². The first-order valence-electron chi connectivity index (χ1n) is 5.71. The molecular formula is C11H25Cl2N3O. The van der Waals surface area contributed by atoms with E-state index in [1.165, 1.54) is 0 Å². The molecule has 1 heterocycles. The number of nitrogens with zero attached hydrogens (tertiary/aromatic N) is 1. The molecule has 104 valence electrons. The molecule has 1 aliphatic heterocycles. The fourth-order valence-corrected chi connectivity index (χ4v) is 1.53. The third-order valence-electron chi connectivity index (χ3n) is 2.60. The smallest absolute Gasteiger partial charge is 0.225 e. The topological polar surface area (TPSA) is 44.4 Å². The van der Waals surface area contributed by atoms with Crippen LogP contribution in [0.3, 0.4) is 0 Å². The molecule has 0 aromatic carbocycles. The molecule has 2 N–H and O–H groups in total. The van der Waals surface area contributed by atoms with Crippen LogP contribution in [-0.2, 0) is 4.79 Å². The molecule has 0 aromatic heterocycles. The molecule has 17 heavy (non-hydrogen) atoms. The lowest BCUT2D eigenvalue weighted by Crippen LogP contribution is -2.47. The van der Waals surface area contributed by atoms with Gasteiger partial charge in [0.05, 0.1) is 0 Å². The molecule has 0 saturated carbocycles. The molecule has 0 aliphatic carbocycles. The molecule has 0 atom stereocenters. The largest absolute Gasteiger partial charge is 0.354 e. The minimum atomic E-state index is -0.274. The molecule has 0 unspecified atom stereocenters. The number of piperazine rings is 1. The summed E-state index contributed by atoms with van der Waals surface area (Å²) in [6, 6.07) is 0. The first-order chi connectivity index (χ1) is 7.00. The lowest BCUT2D eigenvalue weighted by atomic mass is 9.96. The van der Waals surface area contributed by atoms with E-state index in [0.717, 1.165) is 39.3 Å². The predicted molar refractivity (Wildman–Crippen MR) is 76.3 cm³/mol. The normalized spacial score (nSPS) is 16.6. The molecule has 0 aromatic rings. The van der Waals surface area contributed by atoms with Crippen LogP contribution in [-0.4, -0.2) is 50.1 Å². The standard InChI is InChI=1S/C11H23N3O.2ClH/c1-11(2,3)10(15)13-6-9-14-7-4-12-5-8-14;;/h12H,4-9H2,1-3H3,(H,13,15);2*1H. The molecule has 6 heteroatoms. The maximum absolute atomic E-state index is 11.6. The van der Waals surface area contributed by atoms with Crippen molar-refractivity contribution in [2.24, 2.45) is 5.41 Å². The summed E-state index contributed by atoms with van der Waals surface area (Å²) in [7, 11) is 0. The molecule has 1 saturated heterocycles. The molecule has 4 nitrogen and oxygen atoms in total. The van der Waals surface area contributed by atoms with E-state index in [2.05, 4.69) is 15.5 Å². The van der Waals surface area contributed by atoms with Gasteiger partial charge in [-0.3, -0.25) is 9.69 Å². The first-order valence-corrected chi connectivity index (χ1v) is 5.71. The van der Waals surface area contributed by atoms with Crippen molar-refractivity contribution in [1.29, 1.82) is 0 Å². The first kappa shape index (κ1) is 19.3. The zero-order chi connectivity index (χ0) is 11.3. The van der Waals surface area contributed by atoms with Gasteiger partial charge in [0, 0.05) is 44.7 Å². The maximum atomic E-state index is 11.6. The number of amides is 1. The molecule has 1 amide bonds. The summed E-state index contributed by atoms with van der Waals surface area (Å²) < 4.78 is 0. The van der Waals surface area contributed by atoms with E-state index in [1.54, 1.807) is 0 Å². The summed E-state index contributed by atoms with van der Waals surface area (Å²) >= 11 is 0. The summed E-state index contributed by atoms with van der Waals surface area (Å²) in [5.74, 6) is 0.137. The average molecular weight is 286 g/mol. The Kier molecular flexibility index (Phi) is 10.2. The van der Waals surface area contributed by atoms with E-state index in [0.29, 0.717) is 0 Å². The third-order valence-corrected chi connectivity index (χ3v) is 2.60. The molecule has 0 radical (unpaired) electrons. The van der Waals surface area contributed by atoms with Gasteiger partial charge in [0.15, 0.2) is 0 Å². The van der Waals surface area contributed by atoms with Crippen molar-refractivity contribution in [1.82, 2.24) is 15.5 Å². The number of carbonyl (C=O) groups excluding carboxylic acids is 1. The van der Waals surface area contributed by atoms with Crippen molar-refractivity contribution in [3.63, 3.8) is 0 Å². The van der Waals surface area contributed by atoms with Crippen molar-refractivity contribution in [2.45, 2.75) is 20.8 Å². The summed E-state index contributed by atoms with van der Waals surface area (Å²) in [5.41, 5.74) is -0.274. The lowest BCUT2D eigenvalue weighted by molar-refractivity contribution is -0.128. The van der Waals surface area contributed by atoms with Crippen molar-refractivity contribution in [3.05, 3.63) is 0 Å². The average Bonchev–Trinajstić information content (AvgIpc) is 2.18. The van der Waals surface area contributed by atoms with Gasteiger partial charge in [-0.2, -0.15) is 0 Å². The van der Waals surface area contributed by atoms with E-state index in [-0.39, 0.29) is 36.1 Å². The van der Waals surface area contributed by atoms with Crippen LogP contribution in [0.5, 0.6) is 0 Å². The summed E-state index contributed by atoms with van der Waals surface area (Å²) in [6.45, 7) is 11.8. The quantitative estimate of drug-likeness (QED) is 0.810. The van der Waals surface area contributed by atoms with Gasteiger partial charge in [-0.05, 0) is 0 Å². The van der Waals surface area contributed by atoms with Crippen molar-refractivity contribution in [2.75, 3.05) is 39.3 Å². The van der Waals surface area contributed by atoms with E-state index < -0.39 is 0 Å². The van der Waals surface area contributed by atoms with Gasteiger partial charge >= 0.3 is 0 Å². The van der Waals surface area contributed by atoms with Crippen LogP contribution in [0.1, 0.15) is 20.8 Å². The Morgan fingerprint density at radius 3 is 2.24 bits per heavy atom. The number of carbonyl (C=O) groups is 1. The van der Waals surface area contributed by atoms with Gasteiger partial charge in [0.25, 0.3) is 0 Å². The minimum absolute atomic E-state index is 0. The number of hydrogen-bond donors (Lipinski definition) is 2. The Morgan fingerprint density at radius 2 is 1.76 bits per heavy atom. The monoisotopic (exact) mass is 285 g/mol. The highest BCUT2D eigenvalue weighted by atomic mass is 35.5. The van der Waals surface area contributed by atoms with E-state index in [1.807, 2.05) is 20.8 Å². The number of hydrogen-bond acceptors (Lipinski definition) is 3. The fourth-order valence-electron chi connectivity index (χ4n) is 1.53. The molecular weight excluding hydrogens is 261 g/mol. The van der Waals surface area contributed by atoms with Crippen LogP contribution in [0, 0.1) is 5.41 Å². The minimum Gasteiger partial charge on any atom is -0.354 e. The highest BCUT2D eigenvalue weighted by Crippen LogP contribution is 2.11. The summed E-state index contributed by atoms with van der Waals surface area (Å²) in [4.78, 5) is 13.9. The molecule has 1 fully saturated rings. The van der Waals surface area contributed by atoms with Crippen molar-refractivity contribution in [3.8, 4) is 0 Å². The van der Waals surface area contributed by atoms with Crippen molar-refractivity contribution < 1.29 is 4.79 Å². The highest BCUT2D eigenvalue weighted by molar-refractivity contribution is 5.85. The number of nitrogens with one attached hydrogen (secondary N) is 2. The van der Waals surface area contributed by atoms with Gasteiger partial charge in [0.2, 0.25) is 5.91 Å². The van der Waals surface area contributed by atoms with E-state index in [4.69, 9.17) is 0 Å². The van der Waals surface area contributed by atoms with Crippen molar-refractivity contribution >= 4 is 30.7 Å². The van der Waals surface area contributed by atoms with Crippen LogP contribution < -0.4 is 10.6 Å². The Labute approximate surface area is 117 Å². The van der Waals surface area contributed by atoms with E-state index >= 15 is 0 Å². The van der Waals surface area contributed by atoms with Gasteiger partial charge in [-0.1, -0.05) is 20.8 Å². The molecule has 0 spiro atoms. The van der Waals surface area contributed by atoms with Crippen LogP contribution in [0.15, 0.2) is 0 Å². The SMILES string of the molecule is CC(C)(C)C(=O)NCCN1CCNCC1.Cl.Cl. The molecule has 1 aliphatic rings. The van der Waals surface area contributed by atoms with Gasteiger partial charge in [-0.25, -0.2) is 0 Å². The lowest BCUT2D eigenvalue weighted by Gasteiger charge is -2.27. The second-order valence-corrected chi connectivity index (χ2v) is 5.10. The zero-order valence-electron chi connectivity index (χ0n) is 10.9. The zero-order valence-corrected chi connectivity index (χ0v) is 12.5. The van der Waals surface area contributed by atoms with Crippen LogP contribution in [0.4, 0.5) is 0 Å². The van der Waals surface area contributed by atoms with Gasteiger partial charge in [-0.15, -0.1) is 24.8 Å². The Morgan fingerprint density at radius 1 is 1.24 bits per heavy atom. The maximum Gasteiger partial charge on any atom is 0.225 e. The fraction of sp³-hybridized carbons (Fsp3) is 0.909. The third kappa shape index (κ3) is 7.82. The Balaban J connectivity index is 0. The highest BCUT2D eigenvalue weighted by Gasteiger charge is 2.20. The molecule has 0 bridgehead atoms. The van der Waals surface area contributed by atoms with E-state index in [9.17, 15) is 4.79 Å². The van der Waals surface area contributed by atoms with Gasteiger partial charge in [0.1, 0.15) is 0 Å². The summed E-state index contributed by atoms with van der Waals surface area (Å²) in [6.07, 6.45) is 0. The van der Waals surface area contributed by atoms with Crippen LogP contribution in [0.2, 0.25) is 0 Å². The summed E-state index contributed by atoms with van der Waals surface area (Å²) in [5, 5.41) is 6.28. The second kappa shape index (κ2) is 8.97. The predicted octanol–water partition coefficient (Wildman–Crippen LogP) is 0.897. The second-order valence-electron chi connectivity index (χ2n) is 5.10. The van der Waals surface area contributed by atoms with Gasteiger partial charge < -0.3 is 10.6 Å². The Hall–Kier alpha value is -0.0300. The molecule has 1 rings (SSSR count). The number of rotatable bonds is 3. The Bertz CT molecular complexity index is 213. The number of halogens is 2. The van der Waals surface area contributed by atoms with Crippen LogP contribution in [0.25, 0.3) is 0 Å².